The Balaban J connectivity index is 2.57. The summed E-state index contributed by atoms with van der Waals surface area (Å²) in [6, 6.07) is 0. The van der Waals surface area contributed by atoms with E-state index in [2.05, 4.69) is 6.92 Å². The summed E-state index contributed by atoms with van der Waals surface area (Å²) in [7, 11) is 0. The highest BCUT2D eigenvalue weighted by Crippen LogP contribution is 2.29. The van der Waals surface area contributed by atoms with E-state index in [-0.39, 0.29) is 22.7 Å². The van der Waals surface area contributed by atoms with Gasteiger partial charge < -0.3 is 10.2 Å². The molecule has 3 nitrogen and oxygen atoms in total. The molecular formula is C14H22ClO3. The molecule has 0 aromatic heterocycles. The van der Waals surface area contributed by atoms with Gasteiger partial charge in [-0.2, -0.15) is 0 Å². The molecule has 4 atom stereocenters. The van der Waals surface area contributed by atoms with Crippen LogP contribution in [0.3, 0.4) is 0 Å². The van der Waals surface area contributed by atoms with Gasteiger partial charge in [0.15, 0.2) is 5.78 Å². The summed E-state index contributed by atoms with van der Waals surface area (Å²) in [5.74, 6) is -0.487. The van der Waals surface area contributed by atoms with Crippen LogP contribution in [0.2, 0.25) is 0 Å². The van der Waals surface area contributed by atoms with Gasteiger partial charge in [-0.15, -0.1) is 0 Å². The molecule has 0 aromatic rings. The molecule has 0 aromatic carbocycles. The second-order valence-electron chi connectivity index (χ2n) is 5.06. The number of unbranched alkanes of at least 4 members (excludes halogenated alkanes) is 1. The molecule has 2 N–H and O–H groups in total. The summed E-state index contributed by atoms with van der Waals surface area (Å²) in [5, 5.41) is 19.2. The number of carbonyl (C=O) groups is 1. The Bertz CT molecular complexity index is 314. The Morgan fingerprint density at radius 3 is 2.72 bits per heavy atom. The fourth-order valence-electron chi connectivity index (χ4n) is 2.16. The quantitative estimate of drug-likeness (QED) is 0.731. The smallest absolute Gasteiger partial charge is 0.176 e. The maximum absolute atomic E-state index is 12.0. The molecule has 103 valence electrons. The highest BCUT2D eigenvalue weighted by Gasteiger charge is 2.31. The van der Waals surface area contributed by atoms with Gasteiger partial charge in [0.05, 0.1) is 17.2 Å². The third-order valence-electron chi connectivity index (χ3n) is 3.38. The second-order valence-corrected chi connectivity index (χ2v) is 5.47. The second kappa shape index (κ2) is 7.27. The highest BCUT2D eigenvalue weighted by atomic mass is 35.5. The molecule has 1 radical (unpaired) electrons. The van der Waals surface area contributed by atoms with Gasteiger partial charge >= 0.3 is 0 Å². The zero-order valence-corrected chi connectivity index (χ0v) is 11.7. The standard InChI is InChI=1S/C14H22ClO3/c1-3-4-5-9(2)14(18)12(15)7-10-6-11(16)8-13(10)17/h6-7,9-11,13,16-17H,3-5,8H2,1-2H3/t9?,10-,11+,13-/m1/s1. The number of hydrogen-bond acceptors (Lipinski definition) is 3. The molecule has 4 heteroatoms. The first-order valence-corrected chi connectivity index (χ1v) is 6.96. The molecule has 0 saturated heterocycles. The number of Topliss-reactive ketones (excluding diaryl/α,β-unsaturated/α-hetero) is 1. The number of rotatable bonds is 6. The predicted molar refractivity (Wildman–Crippen MR) is 72.1 cm³/mol. The Hall–Kier alpha value is -0.380. The van der Waals surface area contributed by atoms with Crippen LogP contribution in [0.1, 0.15) is 39.5 Å². The van der Waals surface area contributed by atoms with Gasteiger partial charge in [0.2, 0.25) is 0 Å². The van der Waals surface area contributed by atoms with Crippen LogP contribution >= 0.6 is 11.6 Å². The largest absolute Gasteiger partial charge is 0.393 e. The van der Waals surface area contributed by atoms with E-state index in [1.807, 2.05) is 6.92 Å². The van der Waals surface area contributed by atoms with Crippen LogP contribution in [-0.2, 0) is 4.79 Å². The van der Waals surface area contributed by atoms with Crippen LogP contribution in [0.5, 0.6) is 0 Å². The van der Waals surface area contributed by atoms with Crippen molar-refractivity contribution in [3.05, 3.63) is 17.5 Å². The van der Waals surface area contributed by atoms with Gasteiger partial charge in [-0.05, 0) is 12.8 Å². The third-order valence-corrected chi connectivity index (χ3v) is 3.70. The van der Waals surface area contributed by atoms with E-state index in [9.17, 15) is 15.0 Å². The summed E-state index contributed by atoms with van der Waals surface area (Å²) >= 11 is 6.00. The molecule has 0 heterocycles. The molecule has 1 rings (SSSR count). The van der Waals surface area contributed by atoms with Crippen molar-refractivity contribution >= 4 is 17.4 Å². The minimum absolute atomic E-state index is 0.0768. The van der Waals surface area contributed by atoms with E-state index < -0.39 is 12.2 Å². The summed E-state index contributed by atoms with van der Waals surface area (Å²) in [6.45, 7) is 3.96. The lowest BCUT2D eigenvalue weighted by atomic mass is 9.97. The summed E-state index contributed by atoms with van der Waals surface area (Å²) < 4.78 is 0. The molecule has 0 amide bonds. The van der Waals surface area contributed by atoms with E-state index in [0.717, 1.165) is 19.3 Å². The first kappa shape index (κ1) is 15.7. The van der Waals surface area contributed by atoms with Crippen molar-refractivity contribution in [2.75, 3.05) is 0 Å². The Morgan fingerprint density at radius 2 is 2.22 bits per heavy atom. The molecule has 0 spiro atoms. The van der Waals surface area contributed by atoms with E-state index >= 15 is 0 Å². The van der Waals surface area contributed by atoms with Crippen molar-refractivity contribution in [3.8, 4) is 0 Å². The molecule has 1 aliphatic carbocycles. The van der Waals surface area contributed by atoms with E-state index in [4.69, 9.17) is 11.6 Å². The topological polar surface area (TPSA) is 57.5 Å². The molecule has 1 aliphatic rings. The normalized spacial score (nSPS) is 30.5. The molecule has 0 aliphatic heterocycles. The minimum atomic E-state index is -0.646. The minimum Gasteiger partial charge on any atom is -0.393 e. The Kier molecular flexibility index (Phi) is 6.33. The predicted octanol–water partition coefficient (Wildman–Crippen LogP) is 2.45. The Morgan fingerprint density at radius 1 is 1.56 bits per heavy atom. The van der Waals surface area contributed by atoms with E-state index in [1.165, 1.54) is 0 Å². The maximum atomic E-state index is 12.0. The fraction of sp³-hybridized carbons (Fsp3) is 0.714. The van der Waals surface area contributed by atoms with Crippen molar-refractivity contribution in [2.45, 2.75) is 51.7 Å². The van der Waals surface area contributed by atoms with Gasteiger partial charge in [-0.1, -0.05) is 44.4 Å². The monoisotopic (exact) mass is 273 g/mol. The first-order valence-electron chi connectivity index (χ1n) is 6.58. The number of halogens is 1. The van der Waals surface area contributed by atoms with Crippen molar-refractivity contribution in [1.29, 1.82) is 0 Å². The van der Waals surface area contributed by atoms with Crippen LogP contribution in [0.15, 0.2) is 11.1 Å². The summed E-state index contributed by atoms with van der Waals surface area (Å²) in [5.41, 5.74) is 0. The maximum Gasteiger partial charge on any atom is 0.176 e. The summed E-state index contributed by atoms with van der Waals surface area (Å²) in [4.78, 5) is 12.0. The number of aliphatic hydroxyl groups is 2. The van der Waals surface area contributed by atoms with Gasteiger partial charge in [-0.25, -0.2) is 0 Å². The number of carbonyl (C=O) groups excluding carboxylic acids is 1. The number of aliphatic hydroxyl groups excluding tert-OH is 2. The van der Waals surface area contributed by atoms with Crippen LogP contribution in [0, 0.1) is 18.3 Å². The van der Waals surface area contributed by atoms with Crippen molar-refractivity contribution in [1.82, 2.24) is 0 Å². The van der Waals surface area contributed by atoms with Gasteiger partial charge in [0.25, 0.3) is 0 Å². The molecule has 18 heavy (non-hydrogen) atoms. The Labute approximate surface area is 114 Å². The third kappa shape index (κ3) is 4.38. The lowest BCUT2D eigenvalue weighted by Crippen LogP contribution is -2.15. The van der Waals surface area contributed by atoms with Crippen LogP contribution < -0.4 is 0 Å². The highest BCUT2D eigenvalue weighted by molar-refractivity contribution is 6.42. The van der Waals surface area contributed by atoms with Crippen molar-refractivity contribution in [2.24, 2.45) is 11.8 Å². The number of allylic oxidation sites excluding steroid dienone is 1. The average molecular weight is 274 g/mol. The molecular weight excluding hydrogens is 252 g/mol. The van der Waals surface area contributed by atoms with Gasteiger partial charge in [0.1, 0.15) is 0 Å². The van der Waals surface area contributed by atoms with Crippen LogP contribution in [0.4, 0.5) is 0 Å². The zero-order chi connectivity index (χ0) is 13.7. The SMILES string of the molecule is CCCCC(C)C(=O)C(Cl)=C[C@H]1[CH][C@H](O)C[C@H]1O. The fourth-order valence-corrected chi connectivity index (χ4v) is 2.49. The van der Waals surface area contributed by atoms with Crippen LogP contribution in [0.25, 0.3) is 0 Å². The van der Waals surface area contributed by atoms with Crippen LogP contribution in [-0.4, -0.2) is 28.2 Å². The van der Waals surface area contributed by atoms with Crippen molar-refractivity contribution in [3.63, 3.8) is 0 Å². The molecule has 0 bridgehead atoms. The van der Waals surface area contributed by atoms with Gasteiger partial charge in [-0.3, -0.25) is 4.79 Å². The zero-order valence-electron chi connectivity index (χ0n) is 11.0. The summed E-state index contributed by atoms with van der Waals surface area (Å²) in [6.07, 6.45) is 5.13. The van der Waals surface area contributed by atoms with Gasteiger partial charge in [0, 0.05) is 18.3 Å². The molecule has 1 unspecified atom stereocenters. The van der Waals surface area contributed by atoms with E-state index in [1.54, 1.807) is 12.5 Å². The number of hydrogen-bond donors (Lipinski definition) is 2. The van der Waals surface area contributed by atoms with E-state index in [0.29, 0.717) is 6.42 Å². The number of ketones is 1. The first-order chi connectivity index (χ1) is 8.45. The molecule has 1 saturated carbocycles. The van der Waals surface area contributed by atoms with Crippen molar-refractivity contribution < 1.29 is 15.0 Å². The lowest BCUT2D eigenvalue weighted by molar-refractivity contribution is -0.118. The average Bonchev–Trinajstić information content (AvgIpc) is 2.63. The lowest BCUT2D eigenvalue weighted by Gasteiger charge is -2.12. The molecule has 1 fully saturated rings.